The number of carbonyl (C=O) groups excluding carboxylic acids is 1. The highest BCUT2D eigenvalue weighted by molar-refractivity contribution is 9.10. The van der Waals surface area contributed by atoms with E-state index >= 15 is 0 Å². The highest BCUT2D eigenvalue weighted by atomic mass is 79.9. The van der Waals surface area contributed by atoms with E-state index in [0.29, 0.717) is 11.7 Å². The molecule has 2 heterocycles. The average molecular weight is 490 g/mol. The number of anilines is 1. The van der Waals surface area contributed by atoms with Gasteiger partial charge in [-0.05, 0) is 55.5 Å². The summed E-state index contributed by atoms with van der Waals surface area (Å²) in [6, 6.07) is 5.67. The third-order valence-corrected chi connectivity index (χ3v) is 7.93. The first kappa shape index (κ1) is 20.4. The van der Waals surface area contributed by atoms with Gasteiger partial charge in [0.2, 0.25) is 5.91 Å². The van der Waals surface area contributed by atoms with Crippen LogP contribution in [0.5, 0.6) is 0 Å². The first-order chi connectivity index (χ1) is 14.0. The molecule has 0 radical (unpaired) electrons. The zero-order chi connectivity index (χ0) is 20.5. The van der Waals surface area contributed by atoms with Crippen molar-refractivity contribution in [2.45, 2.75) is 37.9 Å². The van der Waals surface area contributed by atoms with E-state index in [1.807, 2.05) is 25.1 Å². The lowest BCUT2D eigenvalue weighted by Crippen LogP contribution is -2.24. The fourth-order valence-electron chi connectivity index (χ4n) is 3.51. The van der Waals surface area contributed by atoms with Gasteiger partial charge < -0.3 is 5.32 Å². The Labute approximate surface area is 185 Å². The number of benzene rings is 1. The lowest BCUT2D eigenvalue weighted by atomic mass is 10.2. The summed E-state index contributed by atoms with van der Waals surface area (Å²) in [7, 11) is 0. The minimum atomic E-state index is -0.134. The van der Waals surface area contributed by atoms with E-state index in [2.05, 4.69) is 27.8 Å². The second-order valence-corrected chi connectivity index (χ2v) is 9.82. The molecule has 0 saturated carbocycles. The minimum Gasteiger partial charge on any atom is -0.325 e. The van der Waals surface area contributed by atoms with Gasteiger partial charge in [-0.15, -0.1) is 17.9 Å². The number of nitrogens with one attached hydrogen (secondary N) is 1. The second-order valence-electron chi connectivity index (χ2n) is 6.94. The molecule has 0 fully saturated rings. The molecule has 8 heteroatoms. The number of carbonyl (C=O) groups is 1. The number of aryl methyl sites for hydroxylation is 3. The molecule has 1 amide bonds. The van der Waals surface area contributed by atoms with Crippen molar-refractivity contribution in [3.63, 3.8) is 0 Å². The molecule has 0 bridgehead atoms. The van der Waals surface area contributed by atoms with Gasteiger partial charge in [0.25, 0.3) is 5.56 Å². The van der Waals surface area contributed by atoms with Crippen LogP contribution in [0.4, 0.5) is 5.69 Å². The van der Waals surface area contributed by atoms with Crippen LogP contribution in [0.2, 0.25) is 0 Å². The minimum absolute atomic E-state index is 0.0271. The van der Waals surface area contributed by atoms with Crippen LogP contribution in [-0.2, 0) is 24.2 Å². The number of hydrogen-bond donors (Lipinski definition) is 1. The number of hydrogen-bond acceptors (Lipinski definition) is 5. The second kappa shape index (κ2) is 8.45. The number of aromatic nitrogens is 2. The molecule has 150 valence electrons. The standard InChI is InChI=1S/C21H20BrN3O2S2/c1-3-9-25-20(27)18-14-5-4-6-16(14)29-19(18)24-21(25)28-11-17(26)23-13-7-8-15(22)12(2)10-13/h3,7-8,10H,1,4-6,9,11H2,2H3,(H,23,26). The van der Waals surface area contributed by atoms with Gasteiger partial charge in [-0.3, -0.25) is 14.2 Å². The van der Waals surface area contributed by atoms with E-state index < -0.39 is 0 Å². The number of allylic oxidation sites excluding steroid dienone is 1. The fourth-order valence-corrected chi connectivity index (χ4v) is 5.87. The average Bonchev–Trinajstić information content (AvgIpc) is 3.26. The van der Waals surface area contributed by atoms with Gasteiger partial charge in [0, 0.05) is 21.6 Å². The van der Waals surface area contributed by atoms with E-state index in [1.165, 1.54) is 22.2 Å². The number of fused-ring (bicyclic) bond motifs is 3. The lowest BCUT2D eigenvalue weighted by molar-refractivity contribution is -0.113. The number of nitrogens with zero attached hydrogens (tertiary/aromatic N) is 2. The molecular weight excluding hydrogens is 470 g/mol. The summed E-state index contributed by atoms with van der Waals surface area (Å²) >= 11 is 6.35. The molecule has 0 unspecified atom stereocenters. The molecule has 0 spiro atoms. The molecule has 0 saturated heterocycles. The van der Waals surface area contributed by atoms with Crippen LogP contribution >= 0.6 is 39.0 Å². The third-order valence-electron chi connectivity index (χ3n) is 4.88. The fraction of sp³-hybridized carbons (Fsp3) is 0.286. The quantitative estimate of drug-likeness (QED) is 0.302. The van der Waals surface area contributed by atoms with Gasteiger partial charge in [0.1, 0.15) is 4.83 Å². The van der Waals surface area contributed by atoms with Crippen LogP contribution in [0.25, 0.3) is 10.2 Å². The number of halogens is 1. The Morgan fingerprint density at radius 3 is 3.03 bits per heavy atom. The van der Waals surface area contributed by atoms with Gasteiger partial charge in [-0.25, -0.2) is 4.98 Å². The van der Waals surface area contributed by atoms with E-state index in [9.17, 15) is 9.59 Å². The molecular formula is C21H20BrN3O2S2. The molecule has 1 aliphatic rings. The molecule has 3 aromatic rings. The van der Waals surface area contributed by atoms with Crippen molar-refractivity contribution < 1.29 is 4.79 Å². The number of thiophene rings is 1. The largest absolute Gasteiger partial charge is 0.325 e. The summed E-state index contributed by atoms with van der Waals surface area (Å²) < 4.78 is 2.63. The van der Waals surface area contributed by atoms with Crippen molar-refractivity contribution in [3.05, 3.63) is 61.7 Å². The molecule has 5 nitrogen and oxygen atoms in total. The topological polar surface area (TPSA) is 64.0 Å². The predicted molar refractivity (Wildman–Crippen MR) is 124 cm³/mol. The Kier molecular flexibility index (Phi) is 5.94. The van der Waals surface area contributed by atoms with Gasteiger partial charge in [-0.2, -0.15) is 0 Å². The Morgan fingerprint density at radius 2 is 2.28 bits per heavy atom. The zero-order valence-electron chi connectivity index (χ0n) is 16.0. The molecule has 1 aliphatic carbocycles. The number of rotatable bonds is 6. The highest BCUT2D eigenvalue weighted by Crippen LogP contribution is 2.35. The van der Waals surface area contributed by atoms with Crippen LogP contribution in [0.3, 0.4) is 0 Å². The molecule has 2 aromatic heterocycles. The van der Waals surface area contributed by atoms with Gasteiger partial charge in [0.15, 0.2) is 5.16 Å². The third kappa shape index (κ3) is 4.06. The summed E-state index contributed by atoms with van der Waals surface area (Å²) in [5.74, 6) is 0.0415. The van der Waals surface area contributed by atoms with Gasteiger partial charge in [-0.1, -0.05) is 33.8 Å². The maximum Gasteiger partial charge on any atom is 0.263 e. The Morgan fingerprint density at radius 1 is 1.45 bits per heavy atom. The normalized spacial score (nSPS) is 12.9. The smallest absolute Gasteiger partial charge is 0.263 e. The van der Waals surface area contributed by atoms with Crippen molar-refractivity contribution in [1.82, 2.24) is 9.55 Å². The first-order valence-electron chi connectivity index (χ1n) is 9.32. The van der Waals surface area contributed by atoms with Crippen molar-refractivity contribution in [2.75, 3.05) is 11.1 Å². The van der Waals surface area contributed by atoms with Crippen LogP contribution in [-0.4, -0.2) is 21.2 Å². The molecule has 4 rings (SSSR count). The van der Waals surface area contributed by atoms with E-state index in [4.69, 9.17) is 4.98 Å². The van der Waals surface area contributed by atoms with Gasteiger partial charge in [0.05, 0.1) is 11.1 Å². The summed E-state index contributed by atoms with van der Waals surface area (Å²) in [6.07, 6.45) is 4.76. The van der Waals surface area contributed by atoms with Crippen molar-refractivity contribution >= 4 is 60.8 Å². The van der Waals surface area contributed by atoms with Gasteiger partial charge >= 0.3 is 0 Å². The van der Waals surface area contributed by atoms with E-state index in [1.54, 1.807) is 22.0 Å². The van der Waals surface area contributed by atoms with E-state index in [0.717, 1.165) is 45.2 Å². The zero-order valence-corrected chi connectivity index (χ0v) is 19.2. The van der Waals surface area contributed by atoms with Crippen LogP contribution < -0.4 is 10.9 Å². The SMILES string of the molecule is C=CCn1c(SCC(=O)Nc2ccc(Br)c(C)c2)nc2sc3c(c2c1=O)CCC3. The highest BCUT2D eigenvalue weighted by Gasteiger charge is 2.23. The summed E-state index contributed by atoms with van der Waals surface area (Å²) in [5.41, 5.74) is 2.94. The first-order valence-corrected chi connectivity index (χ1v) is 11.9. The van der Waals surface area contributed by atoms with Crippen LogP contribution in [0, 0.1) is 6.92 Å². The van der Waals surface area contributed by atoms with Crippen LogP contribution in [0.1, 0.15) is 22.4 Å². The Hall–Kier alpha value is -1.90. The predicted octanol–water partition coefficient (Wildman–Crippen LogP) is 4.93. The Balaban J connectivity index is 1.57. The van der Waals surface area contributed by atoms with E-state index in [-0.39, 0.29) is 17.2 Å². The lowest BCUT2D eigenvalue weighted by Gasteiger charge is -2.11. The molecule has 0 atom stereocenters. The number of amides is 1. The molecule has 1 N–H and O–H groups in total. The molecule has 29 heavy (non-hydrogen) atoms. The number of thioether (sulfide) groups is 1. The maximum absolute atomic E-state index is 13.1. The monoisotopic (exact) mass is 489 g/mol. The van der Waals surface area contributed by atoms with Crippen molar-refractivity contribution in [1.29, 1.82) is 0 Å². The maximum atomic E-state index is 13.1. The summed E-state index contributed by atoms with van der Waals surface area (Å²) in [4.78, 5) is 32.4. The summed E-state index contributed by atoms with van der Waals surface area (Å²) in [5, 5.41) is 4.21. The van der Waals surface area contributed by atoms with Crippen LogP contribution in [0.15, 0.2) is 45.3 Å². The Bertz CT molecular complexity index is 1180. The van der Waals surface area contributed by atoms with Crippen molar-refractivity contribution in [2.24, 2.45) is 0 Å². The molecule has 0 aliphatic heterocycles. The van der Waals surface area contributed by atoms with Crippen molar-refractivity contribution in [3.8, 4) is 0 Å². The molecule has 1 aromatic carbocycles. The summed E-state index contributed by atoms with van der Waals surface area (Å²) in [6.45, 7) is 6.12.